The highest BCUT2D eigenvalue weighted by atomic mass is 19.1. The predicted octanol–water partition coefficient (Wildman–Crippen LogP) is 3.04. The summed E-state index contributed by atoms with van der Waals surface area (Å²) in [5, 5.41) is 0.705. The Morgan fingerprint density at radius 3 is 3.04 bits per heavy atom. The third-order valence-corrected chi connectivity index (χ3v) is 4.49. The quantitative estimate of drug-likeness (QED) is 0.788. The zero-order chi connectivity index (χ0) is 16.7. The average Bonchev–Trinajstić information content (AvgIpc) is 3.22. The van der Waals surface area contributed by atoms with Gasteiger partial charge < -0.3 is 9.88 Å². The maximum atomic E-state index is 13.8. The lowest BCUT2D eigenvalue weighted by Gasteiger charge is -2.15. The number of nitrogens with zero attached hydrogens (tertiary/aromatic N) is 3. The minimum atomic E-state index is -0.348. The van der Waals surface area contributed by atoms with Gasteiger partial charge in [-0.3, -0.25) is 4.79 Å². The van der Waals surface area contributed by atoms with Crippen molar-refractivity contribution in [1.82, 2.24) is 19.9 Å². The van der Waals surface area contributed by atoms with Crippen LogP contribution in [0.1, 0.15) is 34.3 Å². The maximum absolute atomic E-state index is 13.8. The monoisotopic (exact) mass is 324 g/mol. The summed E-state index contributed by atoms with van der Waals surface area (Å²) in [6.45, 7) is 3.17. The predicted molar refractivity (Wildman–Crippen MR) is 88.3 cm³/mol. The molecule has 0 unspecified atom stereocenters. The summed E-state index contributed by atoms with van der Waals surface area (Å²) in [6, 6.07) is 8.38. The number of halogens is 1. The minimum Gasteiger partial charge on any atom is -0.348 e. The fourth-order valence-electron chi connectivity index (χ4n) is 3.23. The molecule has 6 heteroatoms. The molecule has 2 aromatic heterocycles. The van der Waals surface area contributed by atoms with E-state index in [9.17, 15) is 9.18 Å². The van der Waals surface area contributed by atoms with Gasteiger partial charge in [-0.25, -0.2) is 14.4 Å². The molecule has 5 nitrogen and oxygen atoms in total. The van der Waals surface area contributed by atoms with Gasteiger partial charge in [0, 0.05) is 36.3 Å². The Balaban J connectivity index is 1.55. The average molecular weight is 324 g/mol. The van der Waals surface area contributed by atoms with Crippen molar-refractivity contribution >= 4 is 16.8 Å². The molecule has 1 aliphatic rings. The molecule has 1 fully saturated rings. The Kier molecular flexibility index (Phi) is 3.52. The largest absolute Gasteiger partial charge is 0.348 e. The number of aryl methyl sites for hydroxylation is 1. The van der Waals surface area contributed by atoms with Gasteiger partial charge in [-0.2, -0.15) is 0 Å². The van der Waals surface area contributed by atoms with Crippen LogP contribution in [-0.2, 0) is 0 Å². The molecule has 24 heavy (non-hydrogen) atoms. The smallest absolute Gasteiger partial charge is 0.270 e. The van der Waals surface area contributed by atoms with Gasteiger partial charge >= 0.3 is 0 Å². The van der Waals surface area contributed by atoms with Crippen molar-refractivity contribution in [1.29, 1.82) is 0 Å². The minimum absolute atomic E-state index is 0.110. The SMILES string of the molecule is Cc1ccnc([C@H]2CCN(C(=O)c3cc4cccc(F)c4[nH]3)C2)n1. The first kappa shape index (κ1) is 14.8. The van der Waals surface area contributed by atoms with Crippen LogP contribution in [0, 0.1) is 12.7 Å². The fourth-order valence-corrected chi connectivity index (χ4v) is 3.23. The standard InChI is InChI=1S/C18H17FN4O/c1-11-5-7-20-17(21-11)13-6-8-23(10-13)18(24)15-9-12-3-2-4-14(19)16(12)22-15/h2-5,7,9,13,22H,6,8,10H2,1H3/t13-/m0/s1. The summed E-state index contributed by atoms with van der Waals surface area (Å²) in [6.07, 6.45) is 2.59. The second-order valence-electron chi connectivity index (χ2n) is 6.18. The highest BCUT2D eigenvalue weighted by Crippen LogP contribution is 2.27. The molecular formula is C18H17FN4O. The van der Waals surface area contributed by atoms with Crippen molar-refractivity contribution in [3.05, 3.63) is 59.6 Å². The molecule has 1 N–H and O–H groups in total. The normalized spacial score (nSPS) is 17.6. The number of amides is 1. The van der Waals surface area contributed by atoms with E-state index in [1.807, 2.05) is 13.0 Å². The Hall–Kier alpha value is -2.76. The number of likely N-dealkylation sites (tertiary alicyclic amines) is 1. The van der Waals surface area contributed by atoms with E-state index in [1.54, 1.807) is 29.3 Å². The van der Waals surface area contributed by atoms with E-state index in [-0.39, 0.29) is 17.6 Å². The van der Waals surface area contributed by atoms with Crippen LogP contribution in [0.3, 0.4) is 0 Å². The second kappa shape index (κ2) is 5.70. The van der Waals surface area contributed by atoms with Crippen molar-refractivity contribution in [2.24, 2.45) is 0 Å². The van der Waals surface area contributed by atoms with E-state index >= 15 is 0 Å². The molecule has 122 valence electrons. The Morgan fingerprint density at radius 1 is 1.38 bits per heavy atom. The summed E-state index contributed by atoms with van der Waals surface area (Å²) >= 11 is 0. The van der Waals surface area contributed by atoms with Crippen molar-refractivity contribution in [2.75, 3.05) is 13.1 Å². The highest BCUT2D eigenvalue weighted by molar-refractivity contribution is 5.98. The van der Waals surface area contributed by atoms with Gasteiger partial charge in [-0.15, -0.1) is 0 Å². The van der Waals surface area contributed by atoms with Crippen molar-refractivity contribution in [3.63, 3.8) is 0 Å². The number of H-pyrrole nitrogens is 1. The molecule has 3 heterocycles. The van der Waals surface area contributed by atoms with E-state index in [2.05, 4.69) is 15.0 Å². The molecule has 3 aromatic rings. The molecule has 0 bridgehead atoms. The Labute approximate surface area is 138 Å². The van der Waals surface area contributed by atoms with E-state index < -0.39 is 0 Å². The van der Waals surface area contributed by atoms with Crippen LogP contribution in [-0.4, -0.2) is 38.8 Å². The summed E-state index contributed by atoms with van der Waals surface area (Å²) < 4.78 is 13.8. The van der Waals surface area contributed by atoms with Crippen molar-refractivity contribution in [2.45, 2.75) is 19.3 Å². The summed E-state index contributed by atoms with van der Waals surface area (Å²) in [4.78, 5) is 26.2. The number of carbonyl (C=O) groups is 1. The number of para-hydroxylation sites is 1. The van der Waals surface area contributed by atoms with Crippen LogP contribution < -0.4 is 0 Å². The Morgan fingerprint density at radius 2 is 2.25 bits per heavy atom. The lowest BCUT2D eigenvalue weighted by atomic mass is 10.1. The fraction of sp³-hybridized carbons (Fsp3) is 0.278. The van der Waals surface area contributed by atoms with Crippen LogP contribution >= 0.6 is 0 Å². The second-order valence-corrected chi connectivity index (χ2v) is 6.18. The topological polar surface area (TPSA) is 61.9 Å². The maximum Gasteiger partial charge on any atom is 0.270 e. The van der Waals surface area contributed by atoms with Crippen LogP contribution in [0.4, 0.5) is 4.39 Å². The zero-order valence-corrected chi connectivity index (χ0v) is 13.3. The number of benzene rings is 1. The molecule has 1 atom stereocenters. The van der Waals surface area contributed by atoms with Gasteiger partial charge in [-0.1, -0.05) is 12.1 Å². The molecule has 1 saturated heterocycles. The first-order chi connectivity index (χ1) is 11.6. The first-order valence-electron chi connectivity index (χ1n) is 7.98. The van der Waals surface area contributed by atoms with Gasteiger partial charge in [0.25, 0.3) is 5.91 Å². The number of rotatable bonds is 2. The summed E-state index contributed by atoms with van der Waals surface area (Å²) in [5.41, 5.74) is 1.72. The number of carbonyl (C=O) groups excluding carboxylic acids is 1. The number of aromatic amines is 1. The van der Waals surface area contributed by atoms with Crippen molar-refractivity contribution in [3.8, 4) is 0 Å². The van der Waals surface area contributed by atoms with E-state index in [1.165, 1.54) is 6.07 Å². The van der Waals surface area contributed by atoms with Gasteiger partial charge in [0.15, 0.2) is 0 Å². The molecule has 0 aliphatic carbocycles. The molecule has 0 spiro atoms. The van der Waals surface area contributed by atoms with Crippen molar-refractivity contribution < 1.29 is 9.18 Å². The van der Waals surface area contributed by atoms with Gasteiger partial charge in [0.2, 0.25) is 0 Å². The third kappa shape index (κ3) is 2.54. The van der Waals surface area contributed by atoms with E-state index in [0.717, 1.165) is 17.9 Å². The summed E-state index contributed by atoms with van der Waals surface area (Å²) in [5.74, 6) is 0.475. The molecule has 0 saturated carbocycles. The first-order valence-corrected chi connectivity index (χ1v) is 7.98. The van der Waals surface area contributed by atoms with Crippen LogP contribution in [0.2, 0.25) is 0 Å². The van der Waals surface area contributed by atoms with Crippen LogP contribution in [0.5, 0.6) is 0 Å². The lowest BCUT2D eigenvalue weighted by molar-refractivity contribution is 0.0785. The summed E-state index contributed by atoms with van der Waals surface area (Å²) in [7, 11) is 0. The van der Waals surface area contributed by atoms with Crippen LogP contribution in [0.25, 0.3) is 10.9 Å². The molecule has 1 amide bonds. The van der Waals surface area contributed by atoms with Gasteiger partial charge in [-0.05, 0) is 31.5 Å². The van der Waals surface area contributed by atoms with Gasteiger partial charge in [0.05, 0.1) is 5.52 Å². The molecule has 0 radical (unpaired) electrons. The number of hydrogen-bond donors (Lipinski definition) is 1. The molecule has 4 rings (SSSR count). The highest BCUT2D eigenvalue weighted by Gasteiger charge is 2.30. The van der Waals surface area contributed by atoms with E-state index in [0.29, 0.717) is 29.7 Å². The molecule has 1 aliphatic heterocycles. The van der Waals surface area contributed by atoms with E-state index in [4.69, 9.17) is 0 Å². The number of nitrogens with one attached hydrogen (secondary N) is 1. The number of fused-ring (bicyclic) bond motifs is 1. The van der Waals surface area contributed by atoms with Crippen LogP contribution in [0.15, 0.2) is 36.5 Å². The van der Waals surface area contributed by atoms with Gasteiger partial charge in [0.1, 0.15) is 17.3 Å². The molecular weight excluding hydrogens is 307 g/mol. The Bertz CT molecular complexity index is 920. The lowest BCUT2D eigenvalue weighted by Crippen LogP contribution is -2.28. The zero-order valence-electron chi connectivity index (χ0n) is 13.3. The number of aromatic nitrogens is 3. The number of hydrogen-bond acceptors (Lipinski definition) is 3. The molecule has 1 aromatic carbocycles. The third-order valence-electron chi connectivity index (χ3n) is 4.49.